The van der Waals surface area contributed by atoms with Crippen LogP contribution in [0.1, 0.15) is 72.1 Å². The van der Waals surface area contributed by atoms with E-state index in [9.17, 15) is 4.79 Å². The van der Waals surface area contributed by atoms with Gasteiger partial charge in [0.05, 0.1) is 5.41 Å². The molecule has 1 fully saturated rings. The molecule has 0 radical (unpaired) electrons. The van der Waals surface area contributed by atoms with E-state index in [-0.39, 0.29) is 11.3 Å². The average Bonchev–Trinajstić information content (AvgIpc) is 2.92. The Morgan fingerprint density at radius 1 is 1.26 bits per heavy atom. The Hall–Kier alpha value is -0.570. The van der Waals surface area contributed by atoms with Gasteiger partial charge in [-0.05, 0) is 38.5 Å². The Kier molecular flexibility index (Phi) is 6.84. The van der Waals surface area contributed by atoms with Gasteiger partial charge in [-0.2, -0.15) is 0 Å². The summed E-state index contributed by atoms with van der Waals surface area (Å²) in [6.07, 6.45) is 9.00. The van der Waals surface area contributed by atoms with Crippen molar-refractivity contribution < 1.29 is 4.79 Å². The van der Waals surface area contributed by atoms with Crippen molar-refractivity contribution in [3.8, 4) is 0 Å². The number of nitrogens with one attached hydrogen (secondary N) is 1. The molecule has 3 heteroatoms. The van der Waals surface area contributed by atoms with Gasteiger partial charge in [0.25, 0.3) is 0 Å². The van der Waals surface area contributed by atoms with E-state index >= 15 is 0 Å². The van der Waals surface area contributed by atoms with E-state index in [2.05, 4.69) is 26.1 Å². The number of nitrogens with two attached hydrogens (primary N) is 1. The van der Waals surface area contributed by atoms with E-state index < -0.39 is 0 Å². The summed E-state index contributed by atoms with van der Waals surface area (Å²) in [4.78, 5) is 12.7. The first-order valence-corrected chi connectivity index (χ1v) is 8.10. The molecular weight excluding hydrogens is 236 g/mol. The van der Waals surface area contributed by atoms with Crippen LogP contribution in [-0.2, 0) is 4.79 Å². The first-order chi connectivity index (χ1) is 9.09. The van der Waals surface area contributed by atoms with E-state index in [0.717, 1.165) is 25.7 Å². The predicted molar refractivity (Wildman–Crippen MR) is 80.9 cm³/mol. The largest absolute Gasteiger partial charge is 0.353 e. The summed E-state index contributed by atoms with van der Waals surface area (Å²) >= 11 is 0. The molecule has 0 aromatic rings. The van der Waals surface area contributed by atoms with Crippen LogP contribution in [0, 0.1) is 11.3 Å². The highest BCUT2D eigenvalue weighted by Gasteiger charge is 2.36. The molecule has 3 N–H and O–H groups in total. The van der Waals surface area contributed by atoms with Gasteiger partial charge < -0.3 is 11.1 Å². The smallest absolute Gasteiger partial charge is 0.227 e. The van der Waals surface area contributed by atoms with Crippen LogP contribution in [0.3, 0.4) is 0 Å². The second kappa shape index (κ2) is 7.88. The summed E-state index contributed by atoms with van der Waals surface area (Å²) in [5, 5.41) is 3.26. The summed E-state index contributed by atoms with van der Waals surface area (Å²) in [5.74, 6) is 0.862. The molecule has 1 unspecified atom stereocenters. The highest BCUT2D eigenvalue weighted by atomic mass is 16.2. The molecule has 0 saturated heterocycles. The van der Waals surface area contributed by atoms with Gasteiger partial charge >= 0.3 is 0 Å². The predicted octanol–water partition coefficient (Wildman–Crippen LogP) is 3.23. The van der Waals surface area contributed by atoms with E-state index in [1.807, 2.05) is 0 Å². The molecule has 1 aliphatic carbocycles. The lowest BCUT2D eigenvalue weighted by Crippen LogP contribution is -2.50. The lowest BCUT2D eigenvalue weighted by atomic mass is 9.78. The van der Waals surface area contributed by atoms with Crippen LogP contribution in [0.4, 0.5) is 0 Å². The zero-order valence-electron chi connectivity index (χ0n) is 13.0. The first kappa shape index (κ1) is 16.5. The van der Waals surface area contributed by atoms with Crippen molar-refractivity contribution in [1.29, 1.82) is 0 Å². The van der Waals surface area contributed by atoms with Crippen molar-refractivity contribution >= 4 is 5.91 Å². The fraction of sp³-hybridized carbons (Fsp3) is 0.938. The normalized spacial score (nSPS) is 18.5. The molecule has 1 saturated carbocycles. The van der Waals surface area contributed by atoms with Crippen LogP contribution in [0.15, 0.2) is 0 Å². The maximum Gasteiger partial charge on any atom is 0.227 e. The first-order valence-electron chi connectivity index (χ1n) is 8.10. The third-order valence-corrected chi connectivity index (χ3v) is 4.80. The van der Waals surface area contributed by atoms with Crippen molar-refractivity contribution in [1.82, 2.24) is 5.32 Å². The number of amides is 1. The molecule has 3 nitrogen and oxygen atoms in total. The highest BCUT2D eigenvalue weighted by molar-refractivity contribution is 5.83. The van der Waals surface area contributed by atoms with Crippen LogP contribution in [0.25, 0.3) is 0 Å². The zero-order chi connectivity index (χ0) is 14.3. The summed E-state index contributed by atoms with van der Waals surface area (Å²) in [7, 11) is 0. The summed E-state index contributed by atoms with van der Waals surface area (Å²) in [5.41, 5.74) is 5.61. The van der Waals surface area contributed by atoms with Gasteiger partial charge in [-0.25, -0.2) is 0 Å². The third-order valence-electron chi connectivity index (χ3n) is 4.80. The molecule has 1 amide bonds. The molecule has 0 aliphatic heterocycles. The van der Waals surface area contributed by atoms with Gasteiger partial charge in [0.15, 0.2) is 0 Å². The zero-order valence-corrected chi connectivity index (χ0v) is 13.0. The van der Waals surface area contributed by atoms with Crippen LogP contribution in [0.5, 0.6) is 0 Å². The fourth-order valence-electron chi connectivity index (χ4n) is 3.54. The van der Waals surface area contributed by atoms with Crippen LogP contribution in [0.2, 0.25) is 0 Å². The second-order valence-electron chi connectivity index (χ2n) is 6.29. The molecule has 0 spiro atoms. The van der Waals surface area contributed by atoms with Crippen molar-refractivity contribution in [2.75, 3.05) is 6.54 Å². The Morgan fingerprint density at radius 2 is 1.79 bits per heavy atom. The molecule has 0 heterocycles. The highest BCUT2D eigenvalue weighted by Crippen LogP contribution is 2.31. The van der Waals surface area contributed by atoms with Gasteiger partial charge in [0, 0.05) is 12.6 Å². The standard InChI is InChI=1S/C16H32N2O/c1-4-10-16(12-17,11-5-2)15(19)18-13(3)14-8-6-7-9-14/h13-14H,4-12,17H2,1-3H3,(H,18,19). The topological polar surface area (TPSA) is 55.1 Å². The Bertz CT molecular complexity index is 266. The Balaban J connectivity index is 2.64. The van der Waals surface area contributed by atoms with Gasteiger partial charge in [0.1, 0.15) is 0 Å². The molecule has 1 rings (SSSR count). The van der Waals surface area contributed by atoms with E-state index in [4.69, 9.17) is 5.73 Å². The third kappa shape index (κ3) is 4.20. The SMILES string of the molecule is CCCC(CN)(CCC)C(=O)NC(C)C1CCCC1. The van der Waals surface area contributed by atoms with Crippen LogP contribution >= 0.6 is 0 Å². The van der Waals surface area contributed by atoms with Crippen molar-refractivity contribution in [2.24, 2.45) is 17.1 Å². The monoisotopic (exact) mass is 268 g/mol. The Labute approximate surface area is 118 Å². The lowest BCUT2D eigenvalue weighted by molar-refractivity contribution is -0.132. The van der Waals surface area contributed by atoms with Crippen molar-refractivity contribution in [3.05, 3.63) is 0 Å². The maximum atomic E-state index is 12.7. The molecule has 0 bridgehead atoms. The number of rotatable bonds is 8. The van der Waals surface area contributed by atoms with E-state index in [0.29, 0.717) is 18.5 Å². The molecule has 19 heavy (non-hydrogen) atoms. The summed E-state index contributed by atoms with van der Waals surface area (Å²) in [6.45, 7) is 6.90. The minimum absolute atomic E-state index is 0.193. The molecule has 112 valence electrons. The van der Waals surface area contributed by atoms with Gasteiger partial charge in [0.2, 0.25) is 5.91 Å². The quantitative estimate of drug-likeness (QED) is 0.710. The summed E-state index contributed by atoms with van der Waals surface area (Å²) in [6, 6.07) is 0.301. The molecule has 0 aromatic carbocycles. The minimum atomic E-state index is -0.337. The number of carbonyl (C=O) groups excluding carboxylic acids is 1. The van der Waals surface area contributed by atoms with Crippen molar-refractivity contribution in [3.63, 3.8) is 0 Å². The average molecular weight is 268 g/mol. The molecule has 1 aliphatic rings. The van der Waals surface area contributed by atoms with Crippen molar-refractivity contribution in [2.45, 2.75) is 78.2 Å². The van der Waals surface area contributed by atoms with Gasteiger partial charge in [-0.1, -0.05) is 39.5 Å². The fourth-order valence-corrected chi connectivity index (χ4v) is 3.54. The molecular formula is C16H32N2O. The number of hydrogen-bond acceptors (Lipinski definition) is 2. The summed E-state index contributed by atoms with van der Waals surface area (Å²) < 4.78 is 0. The number of carbonyl (C=O) groups is 1. The number of hydrogen-bond donors (Lipinski definition) is 2. The van der Waals surface area contributed by atoms with Crippen LogP contribution < -0.4 is 11.1 Å². The maximum absolute atomic E-state index is 12.7. The van der Waals surface area contributed by atoms with Gasteiger partial charge in [-0.15, -0.1) is 0 Å². The lowest BCUT2D eigenvalue weighted by Gasteiger charge is -2.33. The van der Waals surface area contributed by atoms with Crippen LogP contribution in [-0.4, -0.2) is 18.5 Å². The van der Waals surface area contributed by atoms with E-state index in [1.165, 1.54) is 25.7 Å². The van der Waals surface area contributed by atoms with Gasteiger partial charge in [-0.3, -0.25) is 4.79 Å². The minimum Gasteiger partial charge on any atom is -0.353 e. The van der Waals surface area contributed by atoms with E-state index in [1.54, 1.807) is 0 Å². The molecule has 1 atom stereocenters. The Morgan fingerprint density at radius 3 is 2.21 bits per heavy atom. The molecule has 0 aromatic heterocycles. The second-order valence-corrected chi connectivity index (χ2v) is 6.29.